The van der Waals surface area contributed by atoms with Crippen molar-refractivity contribution in [3.05, 3.63) is 0 Å². The second-order valence-corrected chi connectivity index (χ2v) is 3.58. The molecular weight excluding hydrogens is 196 g/mol. The predicted octanol–water partition coefficient (Wildman–Crippen LogP) is 0.483. The highest BCUT2D eigenvalue weighted by molar-refractivity contribution is 5.77. The maximum absolute atomic E-state index is 10.9. The minimum atomic E-state index is -0.928. The molecule has 0 fully saturated rings. The van der Waals surface area contributed by atoms with E-state index in [1.165, 1.54) is 0 Å². The zero-order chi connectivity index (χ0) is 11.8. The van der Waals surface area contributed by atoms with Gasteiger partial charge in [-0.1, -0.05) is 13.8 Å². The van der Waals surface area contributed by atoms with Crippen LogP contribution in [0.3, 0.4) is 0 Å². The lowest BCUT2D eigenvalue weighted by Gasteiger charge is -2.20. The number of aliphatic carboxylic acids is 1. The molecule has 0 aromatic rings. The van der Waals surface area contributed by atoms with Crippen LogP contribution in [0, 0.1) is 0 Å². The molecule has 0 heterocycles. The summed E-state index contributed by atoms with van der Waals surface area (Å²) in [5.74, 6) is -1.39. The Morgan fingerprint density at radius 1 is 1.33 bits per heavy atom. The van der Waals surface area contributed by atoms with Gasteiger partial charge in [-0.25, -0.2) is 0 Å². The summed E-state index contributed by atoms with van der Waals surface area (Å²) in [6.45, 7) is 3.99. The summed E-state index contributed by atoms with van der Waals surface area (Å²) < 4.78 is 0. The van der Waals surface area contributed by atoms with E-state index in [4.69, 9.17) is 10.8 Å². The number of carbonyl (C=O) groups is 2. The van der Waals surface area contributed by atoms with Crippen LogP contribution in [-0.2, 0) is 9.59 Å². The molecule has 1 amide bonds. The summed E-state index contributed by atoms with van der Waals surface area (Å²) in [4.78, 5) is 21.4. The first-order valence-corrected chi connectivity index (χ1v) is 5.28. The average molecular weight is 216 g/mol. The number of carboxylic acids is 1. The van der Waals surface area contributed by atoms with Crippen LogP contribution in [0.5, 0.6) is 0 Å². The van der Waals surface area contributed by atoms with Gasteiger partial charge in [-0.15, -0.1) is 0 Å². The lowest BCUT2D eigenvalue weighted by molar-refractivity contribution is -0.140. The summed E-state index contributed by atoms with van der Waals surface area (Å²) >= 11 is 0. The quantitative estimate of drug-likeness (QED) is 0.550. The Bertz CT molecular complexity index is 215. The highest BCUT2D eigenvalue weighted by Crippen LogP contribution is 2.03. The summed E-state index contributed by atoms with van der Waals surface area (Å²) in [5, 5.41) is 11.9. The SMILES string of the molecule is CCC(CC)NC(CCC(N)=O)C(=O)O. The van der Waals surface area contributed by atoms with Crippen LogP contribution >= 0.6 is 0 Å². The van der Waals surface area contributed by atoms with Gasteiger partial charge in [-0.2, -0.15) is 0 Å². The Labute approximate surface area is 90.0 Å². The maximum atomic E-state index is 10.9. The number of nitrogens with two attached hydrogens (primary N) is 1. The van der Waals surface area contributed by atoms with Crippen LogP contribution < -0.4 is 11.1 Å². The topological polar surface area (TPSA) is 92.4 Å². The van der Waals surface area contributed by atoms with E-state index >= 15 is 0 Å². The van der Waals surface area contributed by atoms with Gasteiger partial charge in [-0.3, -0.25) is 9.59 Å². The third kappa shape index (κ3) is 6.06. The van der Waals surface area contributed by atoms with Gasteiger partial charge in [0.2, 0.25) is 5.91 Å². The fourth-order valence-electron chi connectivity index (χ4n) is 1.37. The normalized spacial score (nSPS) is 12.7. The largest absolute Gasteiger partial charge is 0.480 e. The number of hydrogen-bond acceptors (Lipinski definition) is 3. The lowest BCUT2D eigenvalue weighted by Crippen LogP contribution is -2.43. The highest BCUT2D eigenvalue weighted by atomic mass is 16.4. The second-order valence-electron chi connectivity index (χ2n) is 3.58. The molecule has 0 spiro atoms. The maximum Gasteiger partial charge on any atom is 0.320 e. The Morgan fingerprint density at radius 2 is 1.87 bits per heavy atom. The highest BCUT2D eigenvalue weighted by Gasteiger charge is 2.20. The summed E-state index contributed by atoms with van der Waals surface area (Å²) in [5.41, 5.74) is 4.98. The van der Waals surface area contributed by atoms with Crippen LogP contribution in [0.25, 0.3) is 0 Å². The van der Waals surface area contributed by atoms with Gasteiger partial charge in [0.25, 0.3) is 0 Å². The summed E-state index contributed by atoms with van der Waals surface area (Å²) in [6, 6.07) is -0.499. The van der Waals surface area contributed by atoms with Crippen molar-refractivity contribution < 1.29 is 14.7 Å². The van der Waals surface area contributed by atoms with Crippen LogP contribution in [0.15, 0.2) is 0 Å². The van der Waals surface area contributed by atoms with E-state index in [1.807, 2.05) is 13.8 Å². The molecule has 0 aliphatic rings. The van der Waals surface area contributed by atoms with Crippen molar-refractivity contribution in [3.8, 4) is 0 Å². The average Bonchev–Trinajstić information content (AvgIpc) is 2.17. The molecule has 15 heavy (non-hydrogen) atoms. The molecule has 0 bridgehead atoms. The molecule has 0 saturated carbocycles. The number of hydrogen-bond donors (Lipinski definition) is 3. The number of nitrogens with one attached hydrogen (secondary N) is 1. The van der Waals surface area contributed by atoms with E-state index in [-0.39, 0.29) is 18.9 Å². The third-order valence-corrected chi connectivity index (χ3v) is 2.40. The fourth-order valence-corrected chi connectivity index (χ4v) is 1.37. The third-order valence-electron chi connectivity index (χ3n) is 2.40. The Hall–Kier alpha value is -1.10. The molecule has 5 heteroatoms. The molecule has 0 aromatic carbocycles. The van der Waals surface area contributed by atoms with Crippen LogP contribution in [0.2, 0.25) is 0 Å². The first-order chi connectivity index (χ1) is 7.01. The van der Waals surface area contributed by atoms with Crippen molar-refractivity contribution in [1.82, 2.24) is 5.32 Å². The minimum Gasteiger partial charge on any atom is -0.480 e. The fraction of sp³-hybridized carbons (Fsp3) is 0.800. The van der Waals surface area contributed by atoms with E-state index in [2.05, 4.69) is 5.32 Å². The van der Waals surface area contributed by atoms with E-state index in [0.29, 0.717) is 0 Å². The molecule has 88 valence electrons. The molecule has 0 rings (SSSR count). The molecule has 4 N–H and O–H groups in total. The Kier molecular flexibility index (Phi) is 6.70. The van der Waals surface area contributed by atoms with Crippen molar-refractivity contribution >= 4 is 11.9 Å². The molecule has 1 unspecified atom stereocenters. The van der Waals surface area contributed by atoms with Gasteiger partial charge in [0.05, 0.1) is 0 Å². The van der Waals surface area contributed by atoms with Crippen molar-refractivity contribution in [2.24, 2.45) is 5.73 Å². The van der Waals surface area contributed by atoms with Gasteiger partial charge < -0.3 is 16.2 Å². The van der Waals surface area contributed by atoms with Crippen molar-refractivity contribution in [2.75, 3.05) is 0 Å². The van der Waals surface area contributed by atoms with Gasteiger partial charge in [0, 0.05) is 12.5 Å². The number of amides is 1. The molecule has 0 aromatic heterocycles. The second kappa shape index (κ2) is 7.23. The zero-order valence-electron chi connectivity index (χ0n) is 9.32. The van der Waals surface area contributed by atoms with Crippen molar-refractivity contribution in [1.29, 1.82) is 0 Å². The summed E-state index contributed by atoms with van der Waals surface area (Å²) in [6.07, 6.45) is 2.10. The smallest absolute Gasteiger partial charge is 0.320 e. The molecule has 0 saturated heterocycles. The van der Waals surface area contributed by atoms with E-state index in [0.717, 1.165) is 12.8 Å². The lowest BCUT2D eigenvalue weighted by atomic mass is 10.1. The van der Waals surface area contributed by atoms with Gasteiger partial charge in [-0.05, 0) is 19.3 Å². The van der Waals surface area contributed by atoms with Crippen LogP contribution in [-0.4, -0.2) is 29.1 Å². The number of carboxylic acid groups (broad SMARTS) is 1. The predicted molar refractivity (Wildman–Crippen MR) is 57.4 cm³/mol. The first kappa shape index (κ1) is 13.9. The first-order valence-electron chi connectivity index (χ1n) is 5.28. The van der Waals surface area contributed by atoms with Crippen LogP contribution in [0.4, 0.5) is 0 Å². The minimum absolute atomic E-state index is 0.101. The Morgan fingerprint density at radius 3 is 2.20 bits per heavy atom. The number of rotatable bonds is 8. The zero-order valence-corrected chi connectivity index (χ0v) is 9.32. The van der Waals surface area contributed by atoms with Gasteiger partial charge in [0.15, 0.2) is 0 Å². The van der Waals surface area contributed by atoms with Crippen LogP contribution in [0.1, 0.15) is 39.5 Å². The molecular formula is C10H20N2O3. The van der Waals surface area contributed by atoms with Gasteiger partial charge in [0.1, 0.15) is 6.04 Å². The standard InChI is InChI=1S/C10H20N2O3/c1-3-7(4-2)12-8(10(14)15)5-6-9(11)13/h7-8,12H,3-6H2,1-2H3,(H2,11,13)(H,14,15). The monoisotopic (exact) mass is 216 g/mol. The molecule has 5 nitrogen and oxygen atoms in total. The molecule has 0 aliphatic heterocycles. The van der Waals surface area contributed by atoms with Crippen molar-refractivity contribution in [2.45, 2.75) is 51.6 Å². The number of primary amides is 1. The molecule has 1 atom stereocenters. The summed E-state index contributed by atoms with van der Waals surface area (Å²) in [7, 11) is 0. The van der Waals surface area contributed by atoms with Crippen molar-refractivity contribution in [3.63, 3.8) is 0 Å². The van der Waals surface area contributed by atoms with E-state index in [9.17, 15) is 9.59 Å². The Balaban J connectivity index is 4.14. The molecule has 0 radical (unpaired) electrons. The molecule has 0 aliphatic carbocycles. The van der Waals surface area contributed by atoms with E-state index < -0.39 is 17.9 Å². The van der Waals surface area contributed by atoms with E-state index in [1.54, 1.807) is 0 Å². The number of carbonyl (C=O) groups excluding carboxylic acids is 1. The van der Waals surface area contributed by atoms with Gasteiger partial charge >= 0.3 is 5.97 Å².